The molecule has 1 fully saturated rings. The van der Waals surface area contributed by atoms with E-state index in [0.717, 1.165) is 48.7 Å². The first-order valence-corrected chi connectivity index (χ1v) is 9.54. The van der Waals surface area contributed by atoms with E-state index in [1.807, 2.05) is 58.0 Å². The molecule has 144 valence electrons. The molecule has 0 unspecified atom stereocenters. The molecule has 7 heteroatoms. The van der Waals surface area contributed by atoms with E-state index in [1.54, 1.807) is 0 Å². The lowest BCUT2D eigenvalue weighted by atomic mass is 9.95. The lowest BCUT2D eigenvalue weighted by Gasteiger charge is -2.31. The van der Waals surface area contributed by atoms with Gasteiger partial charge in [-0.2, -0.15) is 0 Å². The summed E-state index contributed by atoms with van der Waals surface area (Å²) >= 11 is 0. The van der Waals surface area contributed by atoms with Crippen LogP contribution in [-0.2, 0) is 16.0 Å². The molecule has 28 heavy (non-hydrogen) atoms. The maximum absolute atomic E-state index is 12.7. The highest BCUT2D eigenvalue weighted by molar-refractivity contribution is 5.88. The van der Waals surface area contributed by atoms with Gasteiger partial charge < -0.3 is 10.2 Å². The number of nitrogens with zero attached hydrogens (tertiary/aromatic N) is 4. The molecule has 0 atom stereocenters. The Morgan fingerprint density at radius 3 is 2.54 bits per heavy atom. The zero-order valence-corrected chi connectivity index (χ0v) is 15.8. The third kappa shape index (κ3) is 3.88. The summed E-state index contributed by atoms with van der Waals surface area (Å²) in [7, 11) is 0. The van der Waals surface area contributed by atoms with Crippen LogP contribution in [0.15, 0.2) is 48.7 Å². The Morgan fingerprint density at radius 2 is 1.82 bits per heavy atom. The predicted octanol–water partition coefficient (Wildman–Crippen LogP) is 2.64. The Balaban J connectivity index is 1.34. The second-order valence-electron chi connectivity index (χ2n) is 7.20. The molecule has 3 heterocycles. The second-order valence-corrected chi connectivity index (χ2v) is 7.20. The first-order chi connectivity index (χ1) is 13.6. The van der Waals surface area contributed by atoms with Crippen LogP contribution in [0, 0.1) is 0 Å². The van der Waals surface area contributed by atoms with Crippen molar-refractivity contribution in [1.29, 1.82) is 0 Å². The van der Waals surface area contributed by atoms with Gasteiger partial charge in [-0.25, -0.2) is 0 Å². The van der Waals surface area contributed by atoms with Gasteiger partial charge in [0.15, 0.2) is 5.65 Å². The topological polar surface area (TPSA) is 79.6 Å². The fourth-order valence-electron chi connectivity index (χ4n) is 3.72. The summed E-state index contributed by atoms with van der Waals surface area (Å²) in [6.07, 6.45) is 4.15. The van der Waals surface area contributed by atoms with E-state index in [1.165, 1.54) is 6.92 Å². The van der Waals surface area contributed by atoms with Gasteiger partial charge in [-0.3, -0.25) is 14.0 Å². The van der Waals surface area contributed by atoms with Crippen molar-refractivity contribution in [1.82, 2.24) is 19.5 Å². The summed E-state index contributed by atoms with van der Waals surface area (Å²) in [5.74, 6) is 1.33. The highest BCUT2D eigenvalue weighted by atomic mass is 16.2. The van der Waals surface area contributed by atoms with Crippen molar-refractivity contribution in [3.8, 4) is 0 Å². The van der Waals surface area contributed by atoms with Gasteiger partial charge in [0.05, 0.1) is 6.42 Å². The number of amides is 2. The molecule has 2 amide bonds. The van der Waals surface area contributed by atoms with Crippen molar-refractivity contribution in [3.63, 3.8) is 0 Å². The van der Waals surface area contributed by atoms with Gasteiger partial charge in [0, 0.05) is 37.8 Å². The number of carbonyl (C=O) groups is 2. The Hall–Kier alpha value is -3.22. The van der Waals surface area contributed by atoms with E-state index < -0.39 is 0 Å². The van der Waals surface area contributed by atoms with E-state index in [9.17, 15) is 9.59 Å². The molecule has 1 aromatic carbocycles. The highest BCUT2D eigenvalue weighted by Crippen LogP contribution is 2.27. The number of aromatic nitrogens is 3. The van der Waals surface area contributed by atoms with Crippen LogP contribution >= 0.6 is 0 Å². The molecule has 0 saturated carbocycles. The Morgan fingerprint density at radius 1 is 1.07 bits per heavy atom. The lowest BCUT2D eigenvalue weighted by Crippen LogP contribution is -2.39. The predicted molar refractivity (Wildman–Crippen MR) is 106 cm³/mol. The van der Waals surface area contributed by atoms with E-state index in [2.05, 4.69) is 15.5 Å². The molecule has 4 rings (SSSR count). The van der Waals surface area contributed by atoms with E-state index in [0.29, 0.717) is 12.3 Å². The van der Waals surface area contributed by atoms with E-state index in [4.69, 9.17) is 0 Å². The number of nitrogens with one attached hydrogen (secondary N) is 1. The first kappa shape index (κ1) is 18.2. The molecule has 2 aromatic heterocycles. The van der Waals surface area contributed by atoms with E-state index in [-0.39, 0.29) is 11.8 Å². The van der Waals surface area contributed by atoms with Crippen LogP contribution in [-0.4, -0.2) is 44.4 Å². The van der Waals surface area contributed by atoms with Gasteiger partial charge in [-0.15, -0.1) is 10.2 Å². The molecule has 1 N–H and O–H groups in total. The number of fused-ring (bicyclic) bond motifs is 1. The Labute approximate surface area is 163 Å². The molecule has 3 aromatic rings. The minimum atomic E-state index is -0.104. The first-order valence-electron chi connectivity index (χ1n) is 9.54. The van der Waals surface area contributed by atoms with E-state index >= 15 is 0 Å². The average molecular weight is 377 g/mol. The number of hydrogen-bond acceptors (Lipinski definition) is 4. The summed E-state index contributed by atoms with van der Waals surface area (Å²) in [6.45, 7) is 2.94. The summed E-state index contributed by atoms with van der Waals surface area (Å²) in [5.41, 5.74) is 2.55. The van der Waals surface area contributed by atoms with Crippen LogP contribution in [0.1, 0.15) is 37.1 Å². The van der Waals surface area contributed by atoms with Gasteiger partial charge in [-0.05, 0) is 42.7 Å². The van der Waals surface area contributed by atoms with Crippen LogP contribution < -0.4 is 5.32 Å². The van der Waals surface area contributed by atoms with Crippen molar-refractivity contribution >= 4 is 23.1 Å². The normalized spacial score (nSPS) is 15.0. The number of hydrogen-bond donors (Lipinski definition) is 1. The largest absolute Gasteiger partial charge is 0.342 e. The molecule has 1 aliphatic rings. The number of benzene rings is 1. The Kier molecular flexibility index (Phi) is 5.06. The molecule has 0 spiro atoms. The minimum absolute atomic E-state index is 0.104. The monoisotopic (exact) mass is 377 g/mol. The number of carbonyl (C=O) groups excluding carboxylic acids is 2. The van der Waals surface area contributed by atoms with Crippen molar-refractivity contribution in [2.45, 2.75) is 32.1 Å². The fourth-order valence-corrected chi connectivity index (χ4v) is 3.72. The van der Waals surface area contributed by atoms with Gasteiger partial charge in [0.2, 0.25) is 11.8 Å². The zero-order valence-electron chi connectivity index (χ0n) is 15.8. The standard InChI is InChI=1S/C21H23N5O2/c1-15(27)22-18-7-5-16(6-8-18)14-20(28)25-12-9-17(10-13-25)21-24-23-19-4-2-3-11-26(19)21/h2-8,11,17H,9-10,12-14H2,1H3,(H,22,27). The maximum Gasteiger partial charge on any atom is 0.226 e. The molecular formula is C21H23N5O2. The minimum Gasteiger partial charge on any atom is -0.342 e. The molecule has 1 saturated heterocycles. The summed E-state index contributed by atoms with van der Waals surface area (Å²) < 4.78 is 2.04. The lowest BCUT2D eigenvalue weighted by molar-refractivity contribution is -0.131. The molecule has 0 radical (unpaired) electrons. The zero-order chi connectivity index (χ0) is 19.5. The smallest absolute Gasteiger partial charge is 0.226 e. The SMILES string of the molecule is CC(=O)Nc1ccc(CC(=O)N2CCC(c3nnc4ccccn34)CC2)cc1. The second kappa shape index (κ2) is 7.80. The fraction of sp³-hybridized carbons (Fsp3) is 0.333. The quantitative estimate of drug-likeness (QED) is 0.758. The van der Waals surface area contributed by atoms with Crippen molar-refractivity contribution in [2.24, 2.45) is 0 Å². The summed E-state index contributed by atoms with van der Waals surface area (Å²) in [4.78, 5) is 25.7. The third-order valence-electron chi connectivity index (χ3n) is 5.18. The van der Waals surface area contributed by atoms with Crippen LogP contribution in [0.2, 0.25) is 0 Å². The molecule has 0 aliphatic carbocycles. The van der Waals surface area contributed by atoms with Crippen LogP contribution in [0.5, 0.6) is 0 Å². The van der Waals surface area contributed by atoms with Gasteiger partial charge in [-0.1, -0.05) is 18.2 Å². The summed E-state index contributed by atoms with van der Waals surface area (Å²) in [5, 5.41) is 11.3. The number of likely N-dealkylation sites (tertiary alicyclic amines) is 1. The number of rotatable bonds is 4. The van der Waals surface area contributed by atoms with Crippen LogP contribution in [0.25, 0.3) is 5.65 Å². The number of pyridine rings is 1. The van der Waals surface area contributed by atoms with Crippen molar-refractivity contribution in [3.05, 3.63) is 60.0 Å². The van der Waals surface area contributed by atoms with Crippen molar-refractivity contribution < 1.29 is 9.59 Å². The number of piperidine rings is 1. The maximum atomic E-state index is 12.7. The van der Waals surface area contributed by atoms with Crippen LogP contribution in [0.3, 0.4) is 0 Å². The van der Waals surface area contributed by atoms with Crippen molar-refractivity contribution in [2.75, 3.05) is 18.4 Å². The Bertz CT molecular complexity index is 987. The third-order valence-corrected chi connectivity index (χ3v) is 5.18. The van der Waals surface area contributed by atoms with Crippen LogP contribution in [0.4, 0.5) is 5.69 Å². The average Bonchev–Trinajstić information content (AvgIpc) is 3.13. The van der Waals surface area contributed by atoms with Gasteiger partial charge in [0.25, 0.3) is 0 Å². The molecular weight excluding hydrogens is 354 g/mol. The molecule has 1 aliphatic heterocycles. The molecule has 0 bridgehead atoms. The summed E-state index contributed by atoms with van der Waals surface area (Å²) in [6, 6.07) is 13.3. The van der Waals surface area contributed by atoms with Gasteiger partial charge in [0.1, 0.15) is 5.82 Å². The number of anilines is 1. The van der Waals surface area contributed by atoms with Gasteiger partial charge >= 0.3 is 0 Å². The molecule has 7 nitrogen and oxygen atoms in total. The highest BCUT2D eigenvalue weighted by Gasteiger charge is 2.26.